The van der Waals surface area contributed by atoms with Crippen molar-refractivity contribution in [2.75, 3.05) is 0 Å². The molecule has 19 heavy (non-hydrogen) atoms. The monoisotopic (exact) mass is 257 g/mol. The maximum Gasteiger partial charge on any atom is 0.119 e. The fourth-order valence-electron chi connectivity index (χ4n) is 3.95. The van der Waals surface area contributed by atoms with Crippen LogP contribution in [0.15, 0.2) is 24.3 Å². The van der Waals surface area contributed by atoms with Crippen molar-refractivity contribution in [1.29, 1.82) is 0 Å². The lowest BCUT2D eigenvalue weighted by Gasteiger charge is -2.13. The van der Waals surface area contributed by atoms with Gasteiger partial charge in [-0.2, -0.15) is 0 Å². The van der Waals surface area contributed by atoms with Crippen LogP contribution in [0.1, 0.15) is 50.1 Å². The second kappa shape index (κ2) is 4.52. The maximum absolute atomic E-state index is 6.48. The van der Waals surface area contributed by atoms with Gasteiger partial charge >= 0.3 is 0 Å². The molecular formula is C17H23NO. The van der Waals surface area contributed by atoms with E-state index >= 15 is 0 Å². The van der Waals surface area contributed by atoms with Crippen LogP contribution < -0.4 is 10.5 Å². The fraction of sp³-hybridized carbons (Fsp3) is 0.647. The minimum absolute atomic E-state index is 0.239. The van der Waals surface area contributed by atoms with Crippen molar-refractivity contribution >= 4 is 0 Å². The standard InChI is InChI=1S/C17H23NO/c18-17(16-14-3-1-2-4-15(14)16)11-5-7-12(8-6-11)19-13-9-10-13/h5-8,13-17H,1-4,9-10,18H2. The van der Waals surface area contributed by atoms with Crippen molar-refractivity contribution in [2.45, 2.75) is 50.7 Å². The molecule has 3 aliphatic carbocycles. The lowest BCUT2D eigenvalue weighted by molar-refractivity contribution is 0.303. The molecule has 3 saturated carbocycles. The summed E-state index contributed by atoms with van der Waals surface area (Å²) in [6, 6.07) is 8.78. The summed E-state index contributed by atoms with van der Waals surface area (Å²) in [5.41, 5.74) is 7.78. The zero-order valence-corrected chi connectivity index (χ0v) is 11.4. The lowest BCUT2D eigenvalue weighted by atomic mass is 10.0. The van der Waals surface area contributed by atoms with Gasteiger partial charge < -0.3 is 10.5 Å². The molecule has 0 bridgehead atoms. The molecule has 3 fully saturated rings. The lowest BCUT2D eigenvalue weighted by Crippen LogP contribution is -2.14. The van der Waals surface area contributed by atoms with E-state index in [1.54, 1.807) is 0 Å². The molecular weight excluding hydrogens is 234 g/mol. The van der Waals surface area contributed by atoms with Crippen molar-refractivity contribution in [3.8, 4) is 5.75 Å². The molecule has 2 nitrogen and oxygen atoms in total. The van der Waals surface area contributed by atoms with E-state index in [2.05, 4.69) is 24.3 Å². The van der Waals surface area contributed by atoms with E-state index in [-0.39, 0.29) is 6.04 Å². The highest BCUT2D eigenvalue weighted by Crippen LogP contribution is 2.59. The molecule has 4 rings (SSSR count). The van der Waals surface area contributed by atoms with Crippen LogP contribution in [0.4, 0.5) is 0 Å². The molecule has 0 saturated heterocycles. The van der Waals surface area contributed by atoms with Crippen LogP contribution in [-0.4, -0.2) is 6.10 Å². The van der Waals surface area contributed by atoms with E-state index in [9.17, 15) is 0 Å². The topological polar surface area (TPSA) is 35.2 Å². The first-order valence-corrected chi connectivity index (χ1v) is 7.85. The largest absolute Gasteiger partial charge is 0.490 e. The molecule has 1 aromatic carbocycles. The Morgan fingerprint density at radius 3 is 2.16 bits per heavy atom. The molecule has 0 radical (unpaired) electrons. The van der Waals surface area contributed by atoms with Crippen LogP contribution in [-0.2, 0) is 0 Å². The third-order valence-corrected chi connectivity index (χ3v) is 5.23. The maximum atomic E-state index is 6.48. The molecule has 102 valence electrons. The first-order valence-electron chi connectivity index (χ1n) is 7.85. The predicted octanol–water partition coefficient (Wildman–Crippen LogP) is 3.66. The first kappa shape index (κ1) is 11.8. The van der Waals surface area contributed by atoms with E-state index in [0.717, 1.165) is 23.5 Å². The van der Waals surface area contributed by atoms with Gasteiger partial charge in [-0.15, -0.1) is 0 Å². The minimum atomic E-state index is 0.239. The molecule has 0 amide bonds. The Kier molecular flexibility index (Phi) is 2.80. The highest BCUT2D eigenvalue weighted by Gasteiger charge is 2.53. The van der Waals surface area contributed by atoms with Crippen LogP contribution in [0.2, 0.25) is 0 Å². The molecule has 2 N–H and O–H groups in total. The normalized spacial score (nSPS) is 34.5. The first-order chi connectivity index (χ1) is 9.33. The van der Waals surface area contributed by atoms with Crippen molar-refractivity contribution in [3.63, 3.8) is 0 Å². The Balaban J connectivity index is 1.43. The number of fused-ring (bicyclic) bond motifs is 1. The Bertz CT molecular complexity index is 439. The van der Waals surface area contributed by atoms with E-state index in [4.69, 9.17) is 10.5 Å². The van der Waals surface area contributed by atoms with Crippen LogP contribution in [0, 0.1) is 17.8 Å². The average Bonchev–Trinajstić information content (AvgIpc) is 3.33. The van der Waals surface area contributed by atoms with Crippen molar-refractivity contribution in [1.82, 2.24) is 0 Å². The van der Waals surface area contributed by atoms with Gasteiger partial charge in [-0.1, -0.05) is 25.0 Å². The van der Waals surface area contributed by atoms with Gasteiger partial charge in [-0.25, -0.2) is 0 Å². The number of nitrogens with two attached hydrogens (primary N) is 1. The summed E-state index contributed by atoms with van der Waals surface area (Å²) >= 11 is 0. The highest BCUT2D eigenvalue weighted by atomic mass is 16.5. The zero-order chi connectivity index (χ0) is 12.8. The van der Waals surface area contributed by atoms with Gasteiger partial charge in [0, 0.05) is 6.04 Å². The summed E-state index contributed by atoms with van der Waals surface area (Å²) in [6.45, 7) is 0. The van der Waals surface area contributed by atoms with E-state index < -0.39 is 0 Å². The Morgan fingerprint density at radius 1 is 0.947 bits per heavy atom. The molecule has 3 aliphatic rings. The smallest absolute Gasteiger partial charge is 0.119 e. The molecule has 3 unspecified atom stereocenters. The average molecular weight is 257 g/mol. The minimum Gasteiger partial charge on any atom is -0.490 e. The second-order valence-electron chi connectivity index (χ2n) is 6.60. The van der Waals surface area contributed by atoms with Gasteiger partial charge in [0.2, 0.25) is 0 Å². The summed E-state index contributed by atoms with van der Waals surface area (Å²) < 4.78 is 5.79. The van der Waals surface area contributed by atoms with Gasteiger partial charge in [-0.3, -0.25) is 0 Å². The molecule has 2 heteroatoms. The zero-order valence-electron chi connectivity index (χ0n) is 11.4. The number of ether oxygens (including phenoxy) is 1. The van der Waals surface area contributed by atoms with Crippen molar-refractivity contribution in [2.24, 2.45) is 23.5 Å². The SMILES string of the molecule is NC(c1ccc(OC2CC2)cc1)C1C2CCCCC21. The molecule has 1 aromatic rings. The summed E-state index contributed by atoms with van der Waals surface area (Å²) in [5, 5.41) is 0. The van der Waals surface area contributed by atoms with Gasteiger partial charge in [0.15, 0.2) is 0 Å². The van der Waals surface area contributed by atoms with Gasteiger partial charge in [0.25, 0.3) is 0 Å². The van der Waals surface area contributed by atoms with Crippen molar-refractivity contribution in [3.05, 3.63) is 29.8 Å². The second-order valence-corrected chi connectivity index (χ2v) is 6.60. The number of hydrogen-bond acceptors (Lipinski definition) is 2. The van der Waals surface area contributed by atoms with Gasteiger partial charge in [0.05, 0.1) is 6.10 Å². The highest BCUT2D eigenvalue weighted by molar-refractivity contribution is 5.31. The third-order valence-electron chi connectivity index (χ3n) is 5.23. The Labute approximate surface area is 115 Å². The predicted molar refractivity (Wildman–Crippen MR) is 76.0 cm³/mol. The summed E-state index contributed by atoms with van der Waals surface area (Å²) in [4.78, 5) is 0. The Morgan fingerprint density at radius 2 is 1.58 bits per heavy atom. The van der Waals surface area contributed by atoms with E-state index in [1.165, 1.54) is 44.1 Å². The summed E-state index contributed by atoms with van der Waals surface area (Å²) in [5.74, 6) is 3.60. The number of benzene rings is 1. The Hall–Kier alpha value is -1.02. The molecule has 0 aliphatic heterocycles. The summed E-state index contributed by atoms with van der Waals surface area (Å²) in [7, 11) is 0. The van der Waals surface area contributed by atoms with E-state index in [0.29, 0.717) is 6.10 Å². The van der Waals surface area contributed by atoms with Crippen LogP contribution in [0.25, 0.3) is 0 Å². The van der Waals surface area contributed by atoms with Gasteiger partial charge in [0.1, 0.15) is 5.75 Å². The quantitative estimate of drug-likeness (QED) is 0.893. The molecule has 0 aromatic heterocycles. The van der Waals surface area contributed by atoms with Crippen molar-refractivity contribution < 1.29 is 4.74 Å². The number of rotatable bonds is 4. The molecule has 0 spiro atoms. The summed E-state index contributed by atoms with van der Waals surface area (Å²) in [6.07, 6.45) is 8.56. The van der Waals surface area contributed by atoms with Crippen LogP contribution in [0.5, 0.6) is 5.75 Å². The third kappa shape index (κ3) is 2.27. The van der Waals surface area contributed by atoms with Gasteiger partial charge in [-0.05, 0) is 61.1 Å². The molecule has 3 atom stereocenters. The van der Waals surface area contributed by atoms with E-state index in [1.807, 2.05) is 0 Å². The van der Waals surface area contributed by atoms with Crippen LogP contribution >= 0.6 is 0 Å². The molecule has 0 heterocycles. The number of hydrogen-bond donors (Lipinski definition) is 1. The van der Waals surface area contributed by atoms with Crippen LogP contribution in [0.3, 0.4) is 0 Å². The fourth-order valence-corrected chi connectivity index (χ4v) is 3.95.